The fourth-order valence-corrected chi connectivity index (χ4v) is 3.64. The molecule has 1 unspecified atom stereocenters. The van der Waals surface area contributed by atoms with Crippen molar-refractivity contribution in [3.05, 3.63) is 23.8 Å². The highest BCUT2D eigenvalue weighted by Crippen LogP contribution is 2.31. The molecule has 0 bridgehead atoms. The Kier molecular flexibility index (Phi) is 15.8. The molecular weight excluding hydrogens is 506 g/mol. The van der Waals surface area contributed by atoms with Crippen molar-refractivity contribution in [2.75, 3.05) is 20.3 Å². The summed E-state index contributed by atoms with van der Waals surface area (Å²) in [7, 11) is 1.21. The van der Waals surface area contributed by atoms with Crippen LogP contribution < -0.4 is 15.2 Å². The molecule has 1 atom stereocenters. The van der Waals surface area contributed by atoms with Gasteiger partial charge in [0.2, 0.25) is 0 Å². The topological polar surface area (TPSA) is 140 Å². The average Bonchev–Trinajstić information content (AvgIpc) is 2.88. The van der Waals surface area contributed by atoms with Crippen LogP contribution in [-0.2, 0) is 35.0 Å². The first-order valence-corrected chi connectivity index (χ1v) is 13.8. The quantitative estimate of drug-likeness (QED) is 0.146. The van der Waals surface area contributed by atoms with Gasteiger partial charge in [-0.2, -0.15) is 0 Å². The minimum absolute atomic E-state index is 0.0187. The number of methoxy groups -OCH3 is 1. The van der Waals surface area contributed by atoms with Crippen molar-refractivity contribution in [2.45, 2.75) is 97.4 Å². The molecule has 0 aliphatic heterocycles. The normalized spacial score (nSPS) is 12.4. The summed E-state index contributed by atoms with van der Waals surface area (Å²) in [5.74, 6) is -1.26. The summed E-state index contributed by atoms with van der Waals surface area (Å²) < 4.78 is 26.0. The van der Waals surface area contributed by atoms with Crippen molar-refractivity contribution < 1.29 is 42.9 Å². The zero-order chi connectivity index (χ0) is 29.3. The third-order valence-electron chi connectivity index (χ3n) is 5.84. The molecular formula is C29H45NO9. The Hall–Kier alpha value is -3.14. The van der Waals surface area contributed by atoms with Crippen LogP contribution in [0.4, 0.5) is 4.79 Å². The highest BCUT2D eigenvalue weighted by atomic mass is 16.7. The van der Waals surface area contributed by atoms with Gasteiger partial charge in [0.1, 0.15) is 5.54 Å². The number of benzene rings is 1. The van der Waals surface area contributed by atoms with Gasteiger partial charge >= 0.3 is 24.1 Å². The van der Waals surface area contributed by atoms with Crippen LogP contribution in [0.15, 0.2) is 18.2 Å². The van der Waals surface area contributed by atoms with Crippen LogP contribution in [-0.4, -0.2) is 49.9 Å². The molecule has 0 saturated heterocycles. The lowest BCUT2D eigenvalue weighted by molar-refractivity contribution is -0.147. The number of rotatable bonds is 18. The predicted octanol–water partition coefficient (Wildman–Crippen LogP) is 5.27. The smallest absolute Gasteiger partial charge is 0.468 e. The van der Waals surface area contributed by atoms with E-state index in [9.17, 15) is 19.2 Å². The molecule has 0 aliphatic carbocycles. The number of carbonyl (C=O) groups is 4. The Bertz CT molecular complexity index is 931. The van der Waals surface area contributed by atoms with Crippen LogP contribution in [0.2, 0.25) is 0 Å². The van der Waals surface area contributed by atoms with Crippen LogP contribution in [0.3, 0.4) is 0 Å². The van der Waals surface area contributed by atoms with Gasteiger partial charge in [0.05, 0.1) is 20.3 Å². The molecule has 1 aromatic carbocycles. The van der Waals surface area contributed by atoms with E-state index in [1.807, 2.05) is 27.7 Å². The van der Waals surface area contributed by atoms with Crippen molar-refractivity contribution in [3.8, 4) is 11.5 Å². The van der Waals surface area contributed by atoms with E-state index in [-0.39, 0.29) is 56.3 Å². The minimum atomic E-state index is -1.55. The molecule has 1 aromatic rings. The van der Waals surface area contributed by atoms with E-state index in [4.69, 9.17) is 29.4 Å². The molecule has 0 saturated carbocycles. The Morgan fingerprint density at radius 2 is 1.46 bits per heavy atom. The predicted molar refractivity (Wildman–Crippen MR) is 145 cm³/mol. The van der Waals surface area contributed by atoms with Crippen molar-refractivity contribution in [1.29, 1.82) is 0 Å². The van der Waals surface area contributed by atoms with E-state index in [1.165, 1.54) is 19.2 Å². The second-order valence-corrected chi connectivity index (χ2v) is 10.0. The zero-order valence-electron chi connectivity index (χ0n) is 24.0. The molecule has 10 nitrogen and oxygen atoms in total. The molecule has 0 spiro atoms. The zero-order valence-corrected chi connectivity index (χ0v) is 24.0. The van der Waals surface area contributed by atoms with Crippen LogP contribution >= 0.6 is 0 Å². The third-order valence-corrected chi connectivity index (χ3v) is 5.84. The molecule has 1 rings (SSSR count). The second-order valence-electron chi connectivity index (χ2n) is 10.0. The fourth-order valence-electron chi connectivity index (χ4n) is 3.64. The van der Waals surface area contributed by atoms with Crippen LogP contribution in [0, 0.1) is 5.92 Å². The molecule has 0 amide bonds. The largest absolute Gasteiger partial charge is 0.508 e. The van der Waals surface area contributed by atoms with Crippen LogP contribution in [0.1, 0.15) is 91.0 Å². The lowest BCUT2D eigenvalue weighted by atomic mass is 9.88. The Balaban J connectivity index is 3.07. The fraction of sp³-hybridized carbons (Fsp3) is 0.655. The maximum Gasteiger partial charge on any atom is 0.508 e. The van der Waals surface area contributed by atoms with Gasteiger partial charge in [-0.25, -0.2) is 4.79 Å². The van der Waals surface area contributed by atoms with Gasteiger partial charge in [0, 0.05) is 25.7 Å². The Labute approximate surface area is 231 Å². The van der Waals surface area contributed by atoms with Crippen molar-refractivity contribution >= 4 is 24.1 Å². The molecule has 2 N–H and O–H groups in total. The summed E-state index contributed by atoms with van der Waals surface area (Å²) in [5, 5.41) is 0. The first-order valence-electron chi connectivity index (χ1n) is 13.8. The SMILES string of the molecule is CCCCCC(=O)Oc1ccc(CC(N)(CCOC(=O)OCC(C)C)C(=O)OC)cc1OC(=O)CCCCC. The maximum absolute atomic E-state index is 12.6. The standard InChI is InChI=1S/C29H45NO9/c1-6-8-10-12-25(31)38-23-15-14-22(18-24(23)39-26(32)13-11-9-7-2)19-29(30,27(33)35-5)16-17-36-28(34)37-20-21(3)4/h14-15,18,21H,6-13,16-17,19-20,30H2,1-5H3. The second kappa shape index (κ2) is 18.2. The summed E-state index contributed by atoms with van der Waals surface area (Å²) in [6.45, 7) is 7.89. The van der Waals surface area contributed by atoms with Crippen LogP contribution in [0.5, 0.6) is 11.5 Å². The lowest BCUT2D eigenvalue weighted by Crippen LogP contribution is -2.51. The summed E-state index contributed by atoms with van der Waals surface area (Å²) in [6, 6.07) is 4.67. The number of hydrogen-bond acceptors (Lipinski definition) is 10. The molecule has 0 aromatic heterocycles. The molecule has 39 heavy (non-hydrogen) atoms. The van der Waals surface area contributed by atoms with Gasteiger partial charge in [0.25, 0.3) is 0 Å². The highest BCUT2D eigenvalue weighted by Gasteiger charge is 2.36. The van der Waals surface area contributed by atoms with Gasteiger partial charge in [0.15, 0.2) is 11.5 Å². The monoisotopic (exact) mass is 551 g/mol. The molecule has 0 aliphatic rings. The summed E-state index contributed by atoms with van der Waals surface area (Å²) >= 11 is 0. The van der Waals surface area contributed by atoms with E-state index in [1.54, 1.807) is 6.07 Å². The van der Waals surface area contributed by atoms with E-state index >= 15 is 0 Å². The molecule has 0 radical (unpaired) electrons. The van der Waals surface area contributed by atoms with Gasteiger partial charge in [-0.05, 0) is 36.5 Å². The minimum Gasteiger partial charge on any atom is -0.468 e. The first-order chi connectivity index (χ1) is 18.5. The first kappa shape index (κ1) is 33.9. The average molecular weight is 552 g/mol. The lowest BCUT2D eigenvalue weighted by Gasteiger charge is -2.26. The Morgan fingerprint density at radius 1 is 0.872 bits per heavy atom. The van der Waals surface area contributed by atoms with Crippen molar-refractivity contribution in [1.82, 2.24) is 0 Å². The van der Waals surface area contributed by atoms with E-state index < -0.39 is 29.6 Å². The van der Waals surface area contributed by atoms with E-state index in [2.05, 4.69) is 0 Å². The Morgan fingerprint density at radius 3 is 2.00 bits per heavy atom. The van der Waals surface area contributed by atoms with Gasteiger partial charge in [-0.1, -0.05) is 59.4 Å². The van der Waals surface area contributed by atoms with Gasteiger partial charge < -0.3 is 29.4 Å². The van der Waals surface area contributed by atoms with Gasteiger partial charge in [-0.3, -0.25) is 14.4 Å². The van der Waals surface area contributed by atoms with Gasteiger partial charge in [-0.15, -0.1) is 0 Å². The number of esters is 3. The third kappa shape index (κ3) is 13.5. The van der Waals surface area contributed by atoms with Crippen molar-refractivity contribution in [2.24, 2.45) is 11.7 Å². The number of carbonyl (C=O) groups excluding carboxylic acids is 4. The van der Waals surface area contributed by atoms with Crippen LogP contribution in [0.25, 0.3) is 0 Å². The summed E-state index contributed by atoms with van der Waals surface area (Å²) in [6.07, 6.45) is 4.63. The number of nitrogens with two attached hydrogens (primary N) is 1. The summed E-state index contributed by atoms with van der Waals surface area (Å²) in [5.41, 5.74) is 5.40. The number of hydrogen-bond donors (Lipinski definition) is 1. The van der Waals surface area contributed by atoms with Crippen molar-refractivity contribution in [3.63, 3.8) is 0 Å². The molecule has 220 valence electrons. The molecule has 0 fully saturated rings. The summed E-state index contributed by atoms with van der Waals surface area (Å²) in [4.78, 5) is 49.2. The number of ether oxygens (including phenoxy) is 5. The van der Waals surface area contributed by atoms with E-state index in [0.29, 0.717) is 18.4 Å². The number of unbranched alkanes of at least 4 members (excludes halogenated alkanes) is 4. The highest BCUT2D eigenvalue weighted by molar-refractivity contribution is 5.81. The molecule has 0 heterocycles. The molecule has 10 heteroatoms. The van der Waals surface area contributed by atoms with E-state index in [0.717, 1.165) is 25.7 Å². The maximum atomic E-state index is 12.6.